The molecular formula is C19H20N2O8. The highest BCUT2D eigenvalue weighted by Gasteiger charge is 2.26. The molecule has 0 unspecified atom stereocenters. The molecular weight excluding hydrogens is 384 g/mol. The third-order valence-electron chi connectivity index (χ3n) is 3.69. The molecule has 0 saturated heterocycles. The first-order chi connectivity index (χ1) is 13.9. The second kappa shape index (κ2) is 9.93. The SMILES string of the molecule is CCOc1cc(C(=O)OCC(=O)Nc2cccc(OC)c2)c([N+](=O)[O-])cc1OC. The van der Waals surface area contributed by atoms with Gasteiger partial charge in [-0.05, 0) is 19.1 Å². The molecule has 10 heteroatoms. The smallest absolute Gasteiger partial charge is 0.345 e. The number of anilines is 1. The van der Waals surface area contributed by atoms with E-state index in [9.17, 15) is 19.7 Å². The van der Waals surface area contributed by atoms with Gasteiger partial charge in [0.15, 0.2) is 18.1 Å². The fraction of sp³-hybridized carbons (Fsp3) is 0.263. The van der Waals surface area contributed by atoms with E-state index in [1.807, 2.05) is 0 Å². The number of carbonyl (C=O) groups is 2. The lowest BCUT2D eigenvalue weighted by Gasteiger charge is -2.12. The highest BCUT2D eigenvalue weighted by Crippen LogP contribution is 2.35. The molecule has 2 aromatic rings. The number of amides is 1. The van der Waals surface area contributed by atoms with Gasteiger partial charge in [0.05, 0.1) is 31.8 Å². The van der Waals surface area contributed by atoms with E-state index in [1.165, 1.54) is 14.2 Å². The van der Waals surface area contributed by atoms with Gasteiger partial charge in [0.1, 0.15) is 11.3 Å². The van der Waals surface area contributed by atoms with Crippen molar-refractivity contribution in [2.24, 2.45) is 0 Å². The quantitative estimate of drug-likeness (QED) is 0.384. The number of rotatable bonds is 9. The van der Waals surface area contributed by atoms with Gasteiger partial charge in [0.25, 0.3) is 11.6 Å². The van der Waals surface area contributed by atoms with Crippen LogP contribution in [-0.4, -0.2) is 44.2 Å². The molecule has 0 spiro atoms. The summed E-state index contributed by atoms with van der Waals surface area (Å²) in [5.41, 5.74) is -0.434. The Morgan fingerprint density at radius 2 is 1.86 bits per heavy atom. The lowest BCUT2D eigenvalue weighted by atomic mass is 10.1. The van der Waals surface area contributed by atoms with Crippen LogP contribution in [0.4, 0.5) is 11.4 Å². The molecule has 0 aliphatic rings. The van der Waals surface area contributed by atoms with Gasteiger partial charge in [-0.2, -0.15) is 0 Å². The van der Waals surface area contributed by atoms with E-state index < -0.39 is 29.1 Å². The van der Waals surface area contributed by atoms with Crippen molar-refractivity contribution in [2.45, 2.75) is 6.92 Å². The number of ether oxygens (including phenoxy) is 4. The minimum atomic E-state index is -1.04. The van der Waals surface area contributed by atoms with Crippen molar-refractivity contribution in [1.82, 2.24) is 0 Å². The summed E-state index contributed by atoms with van der Waals surface area (Å²) in [5.74, 6) is -0.870. The summed E-state index contributed by atoms with van der Waals surface area (Å²) >= 11 is 0. The van der Waals surface area contributed by atoms with Crippen LogP contribution in [0.25, 0.3) is 0 Å². The third kappa shape index (κ3) is 5.58. The van der Waals surface area contributed by atoms with Crippen molar-refractivity contribution in [3.8, 4) is 17.2 Å². The normalized spacial score (nSPS) is 10.0. The Morgan fingerprint density at radius 3 is 2.48 bits per heavy atom. The van der Waals surface area contributed by atoms with Crippen molar-refractivity contribution in [3.05, 3.63) is 52.1 Å². The molecule has 1 amide bonds. The Hall–Kier alpha value is -3.82. The van der Waals surface area contributed by atoms with Gasteiger partial charge in [0, 0.05) is 17.8 Å². The first-order valence-electron chi connectivity index (χ1n) is 8.49. The van der Waals surface area contributed by atoms with Crippen LogP contribution < -0.4 is 19.5 Å². The maximum atomic E-state index is 12.4. The van der Waals surface area contributed by atoms with Gasteiger partial charge >= 0.3 is 5.97 Å². The van der Waals surface area contributed by atoms with Crippen LogP contribution in [0.15, 0.2) is 36.4 Å². The standard InChI is InChI=1S/C19H20N2O8/c1-4-28-17-9-14(15(21(24)25)10-16(17)27-3)19(23)29-11-18(22)20-12-6-5-7-13(8-12)26-2/h5-10H,4,11H2,1-3H3,(H,20,22). The molecule has 0 aliphatic carbocycles. The molecule has 29 heavy (non-hydrogen) atoms. The average molecular weight is 404 g/mol. The maximum absolute atomic E-state index is 12.4. The van der Waals surface area contributed by atoms with Crippen molar-refractivity contribution < 1.29 is 33.5 Å². The fourth-order valence-corrected chi connectivity index (χ4v) is 2.40. The van der Waals surface area contributed by atoms with Gasteiger partial charge in [-0.15, -0.1) is 0 Å². The second-order valence-electron chi connectivity index (χ2n) is 5.57. The summed E-state index contributed by atoms with van der Waals surface area (Å²) in [7, 11) is 2.81. The van der Waals surface area contributed by atoms with Gasteiger partial charge < -0.3 is 24.3 Å². The number of nitrogens with one attached hydrogen (secondary N) is 1. The zero-order valence-electron chi connectivity index (χ0n) is 16.1. The molecule has 0 aromatic heterocycles. The lowest BCUT2D eigenvalue weighted by molar-refractivity contribution is -0.385. The number of nitro groups is 1. The topological polar surface area (TPSA) is 126 Å². The molecule has 0 bridgehead atoms. The number of carbonyl (C=O) groups excluding carboxylic acids is 2. The number of hydrogen-bond donors (Lipinski definition) is 1. The van der Waals surface area contributed by atoms with Crippen LogP contribution in [0.2, 0.25) is 0 Å². The Kier molecular flexibility index (Phi) is 7.35. The number of esters is 1. The molecule has 2 rings (SSSR count). The minimum Gasteiger partial charge on any atom is -0.497 e. The van der Waals surface area contributed by atoms with E-state index in [4.69, 9.17) is 18.9 Å². The zero-order chi connectivity index (χ0) is 21.4. The third-order valence-corrected chi connectivity index (χ3v) is 3.69. The molecule has 0 saturated carbocycles. The Bertz CT molecular complexity index is 913. The van der Waals surface area contributed by atoms with Crippen molar-refractivity contribution in [1.29, 1.82) is 0 Å². The maximum Gasteiger partial charge on any atom is 0.345 e. The summed E-state index contributed by atoms with van der Waals surface area (Å²) in [6.45, 7) is 1.33. The van der Waals surface area contributed by atoms with E-state index in [2.05, 4.69) is 5.32 Å². The summed E-state index contributed by atoms with van der Waals surface area (Å²) < 4.78 is 20.4. The van der Waals surface area contributed by atoms with E-state index in [0.29, 0.717) is 11.4 Å². The van der Waals surface area contributed by atoms with Crippen molar-refractivity contribution in [3.63, 3.8) is 0 Å². The average Bonchev–Trinajstić information content (AvgIpc) is 2.71. The van der Waals surface area contributed by atoms with Crippen LogP contribution >= 0.6 is 0 Å². The van der Waals surface area contributed by atoms with Gasteiger partial charge in [-0.25, -0.2) is 4.79 Å². The fourth-order valence-electron chi connectivity index (χ4n) is 2.40. The molecule has 0 atom stereocenters. The lowest BCUT2D eigenvalue weighted by Crippen LogP contribution is -2.21. The van der Waals surface area contributed by atoms with Crippen LogP contribution in [0.1, 0.15) is 17.3 Å². The van der Waals surface area contributed by atoms with Gasteiger partial charge in [0.2, 0.25) is 0 Å². The minimum absolute atomic E-state index is 0.103. The molecule has 10 nitrogen and oxygen atoms in total. The monoisotopic (exact) mass is 404 g/mol. The number of nitro benzene ring substituents is 1. The number of benzene rings is 2. The predicted molar refractivity (Wildman–Crippen MR) is 103 cm³/mol. The first kappa shape index (κ1) is 21.5. The molecule has 0 radical (unpaired) electrons. The van der Waals surface area contributed by atoms with Gasteiger partial charge in [-0.1, -0.05) is 6.07 Å². The summed E-state index contributed by atoms with van der Waals surface area (Å²) in [6.07, 6.45) is 0. The largest absolute Gasteiger partial charge is 0.497 e. The van der Waals surface area contributed by atoms with Crippen LogP contribution in [0, 0.1) is 10.1 Å². The van der Waals surface area contributed by atoms with Crippen molar-refractivity contribution >= 4 is 23.3 Å². The number of methoxy groups -OCH3 is 2. The van der Waals surface area contributed by atoms with Crippen LogP contribution in [0.3, 0.4) is 0 Å². The molecule has 0 fully saturated rings. The number of nitrogens with zero attached hydrogens (tertiary/aromatic N) is 1. The zero-order valence-corrected chi connectivity index (χ0v) is 16.1. The highest BCUT2D eigenvalue weighted by molar-refractivity contribution is 5.98. The molecule has 1 N–H and O–H groups in total. The molecule has 154 valence electrons. The van der Waals surface area contributed by atoms with E-state index >= 15 is 0 Å². The van der Waals surface area contributed by atoms with E-state index in [-0.39, 0.29) is 23.7 Å². The van der Waals surface area contributed by atoms with Crippen molar-refractivity contribution in [2.75, 3.05) is 32.8 Å². The van der Waals surface area contributed by atoms with Crippen LogP contribution in [0.5, 0.6) is 17.2 Å². The predicted octanol–water partition coefficient (Wildman–Crippen LogP) is 2.81. The number of hydrogen-bond acceptors (Lipinski definition) is 8. The molecule has 2 aromatic carbocycles. The summed E-state index contributed by atoms with van der Waals surface area (Å²) in [6, 6.07) is 8.82. The van der Waals surface area contributed by atoms with E-state index in [0.717, 1.165) is 12.1 Å². The van der Waals surface area contributed by atoms with Gasteiger partial charge in [-0.3, -0.25) is 14.9 Å². The molecule has 0 heterocycles. The Morgan fingerprint density at radius 1 is 1.10 bits per heavy atom. The summed E-state index contributed by atoms with van der Waals surface area (Å²) in [4.78, 5) is 35.0. The Labute approximate surface area is 166 Å². The first-order valence-corrected chi connectivity index (χ1v) is 8.49. The Balaban J connectivity index is 2.13. The van der Waals surface area contributed by atoms with E-state index in [1.54, 1.807) is 31.2 Å². The molecule has 0 aliphatic heterocycles. The van der Waals surface area contributed by atoms with Crippen LogP contribution in [-0.2, 0) is 9.53 Å². The highest BCUT2D eigenvalue weighted by atomic mass is 16.6. The summed E-state index contributed by atoms with van der Waals surface area (Å²) in [5, 5.41) is 13.8. The second-order valence-corrected chi connectivity index (χ2v) is 5.57.